The predicted octanol–water partition coefficient (Wildman–Crippen LogP) is 11.2. The van der Waals surface area contributed by atoms with Gasteiger partial charge < -0.3 is 28.3 Å². The summed E-state index contributed by atoms with van der Waals surface area (Å²) in [7, 11) is -5.18. The monoisotopic (exact) mass is 824 g/mol. The van der Waals surface area contributed by atoms with Crippen LogP contribution in [0.1, 0.15) is 135 Å². The maximum atomic E-state index is 13.2. The van der Waals surface area contributed by atoms with E-state index in [0.717, 1.165) is 32.3 Å². The van der Waals surface area contributed by atoms with Crippen LogP contribution < -0.4 is 10.4 Å². The summed E-state index contributed by atoms with van der Waals surface area (Å²) in [5.74, 6) is -0.488. The zero-order valence-corrected chi connectivity index (χ0v) is 40.3. The molecule has 5 atom stereocenters. The molecule has 0 aliphatic carbocycles. The van der Waals surface area contributed by atoms with Crippen molar-refractivity contribution in [1.82, 2.24) is 4.90 Å². The molecule has 0 bridgehead atoms. The lowest BCUT2D eigenvalue weighted by Gasteiger charge is -2.47. The van der Waals surface area contributed by atoms with E-state index in [0.29, 0.717) is 36.1 Å². The quantitative estimate of drug-likeness (QED) is 0.0998. The molecule has 2 aromatic rings. The molecule has 3 rings (SSSR count). The Hall–Kier alpha value is -2.28. The molecule has 0 aromatic heterocycles. The van der Waals surface area contributed by atoms with Crippen LogP contribution >= 0.6 is 0 Å². The highest BCUT2D eigenvalue weighted by molar-refractivity contribution is 6.99. The van der Waals surface area contributed by atoms with E-state index in [2.05, 4.69) is 130 Å². The lowest BCUT2D eigenvalue weighted by molar-refractivity contribution is -0.0185. The van der Waals surface area contributed by atoms with Crippen LogP contribution in [-0.4, -0.2) is 76.3 Å². The topological polar surface area (TPSA) is 77.5 Å². The molecule has 57 heavy (non-hydrogen) atoms. The molecule has 1 N–H and O–H groups in total. The Morgan fingerprint density at radius 1 is 0.825 bits per heavy atom. The van der Waals surface area contributed by atoms with Crippen LogP contribution in [0.15, 0.2) is 73.0 Å². The third-order valence-electron chi connectivity index (χ3n) is 12.7. The Kier molecular flexibility index (Phi) is 19.3. The third kappa shape index (κ3) is 12.4. The molecule has 2 aromatic carbocycles. The number of rotatable bonds is 21. The molecule has 1 saturated heterocycles. The smallest absolute Gasteiger partial charge is 0.415 e. The van der Waals surface area contributed by atoms with E-state index in [9.17, 15) is 9.90 Å². The summed E-state index contributed by atoms with van der Waals surface area (Å²) < 4.78 is 27.0. The van der Waals surface area contributed by atoms with Crippen LogP contribution in [-0.2, 0) is 18.3 Å². The highest BCUT2D eigenvalue weighted by atomic mass is 28.4. The van der Waals surface area contributed by atoms with E-state index in [4.69, 9.17) is 18.3 Å². The number of hydrogen-bond donors (Lipinski definition) is 1. The molecule has 0 spiro atoms. The van der Waals surface area contributed by atoms with Crippen molar-refractivity contribution < 1.29 is 28.2 Å². The summed E-state index contributed by atoms with van der Waals surface area (Å²) in [4.78, 5) is 14.9. The molecule has 1 amide bonds. The number of nitrogens with zero attached hydrogens (tertiary/aromatic N) is 1. The second-order valence-electron chi connectivity index (χ2n) is 19.2. The fourth-order valence-corrected chi connectivity index (χ4v) is 20.1. The summed E-state index contributed by atoms with van der Waals surface area (Å²) in [5, 5.41) is 14.9. The standard InChI is InChI=1S/C48H81NO6Si2/c1-35(2)49(36(3)4)47(51)53-33-30-41(28-29-42-23-21-22-32-52-42)46(50)40(11)45(55-56(37(5)6,38(7)8)39(9)10)31-34-54-57(48(12,13)14,43-24-17-15-18-25-43)44-26-19-16-20-27-44/h15-20,24-27,30,33,35-42,45-46,50H,21-23,28-29,31-32,34H2,1-14H3/b33-30+/t40-,41-,42?,45-,46+/m0/s1. The molecule has 1 aliphatic heterocycles. The molecular formula is C48H81NO6Si2. The van der Waals surface area contributed by atoms with E-state index >= 15 is 0 Å². The number of hydrogen-bond acceptors (Lipinski definition) is 6. The van der Waals surface area contributed by atoms with Crippen molar-refractivity contribution in [3.8, 4) is 0 Å². The number of aliphatic hydroxyl groups is 1. The van der Waals surface area contributed by atoms with Gasteiger partial charge in [0.25, 0.3) is 8.32 Å². The number of carbonyl (C=O) groups is 1. The van der Waals surface area contributed by atoms with Gasteiger partial charge in [-0.05, 0) is 104 Å². The van der Waals surface area contributed by atoms with Crippen LogP contribution in [0.4, 0.5) is 4.79 Å². The molecule has 9 heteroatoms. The van der Waals surface area contributed by atoms with E-state index < -0.39 is 22.7 Å². The minimum absolute atomic E-state index is 0.00653. The number of amides is 1. The molecule has 0 saturated carbocycles. The van der Waals surface area contributed by atoms with E-state index in [-0.39, 0.29) is 47.3 Å². The predicted molar refractivity (Wildman–Crippen MR) is 243 cm³/mol. The first kappa shape index (κ1) is 49.1. The molecule has 322 valence electrons. The van der Waals surface area contributed by atoms with Crippen molar-refractivity contribution in [2.45, 2.75) is 188 Å². The first-order valence-corrected chi connectivity index (χ1v) is 26.2. The Balaban J connectivity index is 2.05. The van der Waals surface area contributed by atoms with Crippen LogP contribution in [0.3, 0.4) is 0 Å². The first-order valence-electron chi connectivity index (χ1n) is 22.2. The van der Waals surface area contributed by atoms with E-state index in [1.54, 1.807) is 4.90 Å². The molecule has 1 fully saturated rings. The minimum atomic E-state index is -2.79. The summed E-state index contributed by atoms with van der Waals surface area (Å²) >= 11 is 0. The average Bonchev–Trinajstić information content (AvgIpc) is 3.15. The van der Waals surface area contributed by atoms with Crippen molar-refractivity contribution in [3.63, 3.8) is 0 Å². The van der Waals surface area contributed by atoms with Crippen molar-refractivity contribution in [2.24, 2.45) is 11.8 Å². The van der Waals surface area contributed by atoms with Crippen molar-refractivity contribution in [1.29, 1.82) is 0 Å². The van der Waals surface area contributed by atoms with Gasteiger partial charge in [0, 0.05) is 37.1 Å². The van der Waals surface area contributed by atoms with Crippen LogP contribution in [0.5, 0.6) is 0 Å². The third-order valence-corrected chi connectivity index (χ3v) is 23.8. The Morgan fingerprint density at radius 3 is 1.79 bits per heavy atom. The molecule has 0 radical (unpaired) electrons. The maximum Gasteiger partial charge on any atom is 0.415 e. The van der Waals surface area contributed by atoms with Gasteiger partial charge in [0.15, 0.2) is 0 Å². The Bertz CT molecular complexity index is 1400. The Morgan fingerprint density at radius 2 is 1.35 bits per heavy atom. The van der Waals surface area contributed by atoms with Gasteiger partial charge in [-0.3, -0.25) is 0 Å². The highest BCUT2D eigenvalue weighted by Gasteiger charge is 2.51. The molecule has 1 heterocycles. The normalized spacial score (nSPS) is 18.1. The zero-order valence-electron chi connectivity index (χ0n) is 38.3. The molecular weight excluding hydrogens is 743 g/mol. The van der Waals surface area contributed by atoms with Gasteiger partial charge in [-0.1, -0.05) is 130 Å². The minimum Gasteiger partial charge on any atom is -0.418 e. The van der Waals surface area contributed by atoms with Gasteiger partial charge in [0.2, 0.25) is 8.32 Å². The molecule has 1 aliphatic rings. The fraction of sp³-hybridized carbons (Fsp3) is 0.688. The summed E-state index contributed by atoms with van der Waals surface area (Å²) in [6, 6.07) is 21.6. The second kappa shape index (κ2) is 22.4. The lowest BCUT2D eigenvalue weighted by atomic mass is 9.84. The number of carbonyl (C=O) groups excluding carboxylic acids is 1. The average molecular weight is 824 g/mol. The second-order valence-corrected chi connectivity index (χ2v) is 28.9. The van der Waals surface area contributed by atoms with Crippen LogP contribution in [0.2, 0.25) is 21.7 Å². The van der Waals surface area contributed by atoms with Crippen LogP contribution in [0.25, 0.3) is 0 Å². The van der Waals surface area contributed by atoms with E-state index in [1.165, 1.54) is 16.6 Å². The van der Waals surface area contributed by atoms with Gasteiger partial charge in [0.1, 0.15) is 0 Å². The maximum absolute atomic E-state index is 13.2. The fourth-order valence-electron chi connectivity index (χ4n) is 9.87. The number of aliphatic hydroxyl groups excluding tert-OH is 1. The van der Waals surface area contributed by atoms with Gasteiger partial charge in [0.05, 0.1) is 24.6 Å². The van der Waals surface area contributed by atoms with Gasteiger partial charge in [-0.15, -0.1) is 0 Å². The number of benzene rings is 2. The first-order chi connectivity index (χ1) is 26.8. The van der Waals surface area contributed by atoms with Crippen molar-refractivity contribution in [2.75, 3.05) is 13.2 Å². The summed E-state index contributed by atoms with van der Waals surface area (Å²) in [6.07, 6.45) is 7.72. The van der Waals surface area contributed by atoms with Crippen LogP contribution in [0, 0.1) is 11.8 Å². The lowest BCUT2D eigenvalue weighted by Crippen LogP contribution is -2.66. The zero-order chi connectivity index (χ0) is 42.6. The highest BCUT2D eigenvalue weighted by Crippen LogP contribution is 2.45. The largest absolute Gasteiger partial charge is 0.418 e. The van der Waals surface area contributed by atoms with Gasteiger partial charge >= 0.3 is 6.09 Å². The number of ether oxygens (including phenoxy) is 2. The summed E-state index contributed by atoms with van der Waals surface area (Å²) in [6.45, 7) is 32.3. The van der Waals surface area contributed by atoms with Crippen molar-refractivity contribution in [3.05, 3.63) is 73.0 Å². The van der Waals surface area contributed by atoms with E-state index in [1.807, 2.05) is 33.8 Å². The SMILES string of the molecule is CC(C)N(C(=O)O/C=C/[C@H](CCC1CCCCO1)[C@H](O)[C@@H](C)[C@H](CCO[Si](c1ccccc1)(c1ccccc1)C(C)(C)C)O[Si](C(C)C)(C(C)C)C(C)C)C(C)C. The van der Waals surface area contributed by atoms with Gasteiger partial charge in [-0.2, -0.15) is 0 Å². The molecule has 1 unspecified atom stereocenters. The van der Waals surface area contributed by atoms with Crippen molar-refractivity contribution >= 4 is 33.1 Å². The molecule has 7 nitrogen and oxygen atoms in total. The Labute approximate surface area is 350 Å². The van der Waals surface area contributed by atoms with Gasteiger partial charge in [-0.25, -0.2) is 4.79 Å². The summed E-state index contributed by atoms with van der Waals surface area (Å²) in [5.41, 5.74) is 1.14.